The highest BCUT2D eigenvalue weighted by atomic mass is 16.5. The molecule has 142 valence electrons. The van der Waals surface area contributed by atoms with Crippen LogP contribution in [0.5, 0.6) is 0 Å². The number of pyridine rings is 1. The molecule has 2 fully saturated rings. The summed E-state index contributed by atoms with van der Waals surface area (Å²) in [5.74, 6) is 0.717. The fourth-order valence-corrected chi connectivity index (χ4v) is 3.97. The Balaban J connectivity index is 1.31. The van der Waals surface area contributed by atoms with Crippen LogP contribution in [0.3, 0.4) is 0 Å². The van der Waals surface area contributed by atoms with Gasteiger partial charge < -0.3 is 14.5 Å². The van der Waals surface area contributed by atoms with Crippen LogP contribution in [0.15, 0.2) is 48.7 Å². The Morgan fingerprint density at radius 2 is 1.74 bits per heavy atom. The molecule has 27 heavy (non-hydrogen) atoms. The average molecular weight is 365 g/mol. The Morgan fingerprint density at radius 1 is 1.00 bits per heavy atom. The van der Waals surface area contributed by atoms with Crippen LogP contribution in [0.2, 0.25) is 0 Å². The molecule has 2 saturated heterocycles. The Morgan fingerprint density at radius 3 is 2.41 bits per heavy atom. The minimum atomic E-state index is 0.0571. The molecule has 5 heteroatoms. The van der Waals surface area contributed by atoms with Gasteiger partial charge in [-0.05, 0) is 42.9 Å². The number of piperidine rings is 1. The summed E-state index contributed by atoms with van der Waals surface area (Å²) in [6.45, 7) is 4.90. The van der Waals surface area contributed by atoms with Crippen LogP contribution in [0.25, 0.3) is 0 Å². The lowest BCUT2D eigenvalue weighted by Gasteiger charge is -2.32. The molecule has 0 spiro atoms. The van der Waals surface area contributed by atoms with E-state index in [1.165, 1.54) is 5.56 Å². The molecule has 2 aliphatic rings. The number of amides is 1. The summed E-state index contributed by atoms with van der Waals surface area (Å²) in [5, 5.41) is 0. The van der Waals surface area contributed by atoms with Crippen molar-refractivity contribution in [1.82, 2.24) is 9.88 Å². The van der Waals surface area contributed by atoms with Crippen LogP contribution in [0, 0.1) is 5.92 Å². The predicted molar refractivity (Wildman–Crippen MR) is 106 cm³/mol. The van der Waals surface area contributed by atoms with E-state index in [0.717, 1.165) is 64.3 Å². The molecule has 5 nitrogen and oxygen atoms in total. The van der Waals surface area contributed by atoms with Gasteiger partial charge in [-0.25, -0.2) is 4.98 Å². The summed E-state index contributed by atoms with van der Waals surface area (Å²) >= 11 is 0. The predicted octanol–water partition coefficient (Wildman–Crippen LogP) is 3.01. The van der Waals surface area contributed by atoms with Gasteiger partial charge in [-0.1, -0.05) is 30.3 Å². The summed E-state index contributed by atoms with van der Waals surface area (Å²) in [7, 11) is 0. The number of aromatic nitrogens is 1. The highest BCUT2D eigenvalue weighted by molar-refractivity contribution is 5.92. The van der Waals surface area contributed by atoms with E-state index in [4.69, 9.17) is 4.74 Å². The lowest BCUT2D eigenvalue weighted by atomic mass is 9.90. The highest BCUT2D eigenvalue weighted by Crippen LogP contribution is 2.23. The van der Waals surface area contributed by atoms with Crippen LogP contribution in [0.4, 0.5) is 5.69 Å². The van der Waals surface area contributed by atoms with Gasteiger partial charge in [0.25, 0.3) is 5.91 Å². The maximum Gasteiger partial charge on any atom is 0.272 e. The lowest BCUT2D eigenvalue weighted by Crippen LogP contribution is -2.39. The molecule has 4 rings (SSSR count). The Hall–Kier alpha value is -2.40. The lowest BCUT2D eigenvalue weighted by molar-refractivity contribution is 0.0684. The summed E-state index contributed by atoms with van der Waals surface area (Å²) in [6.07, 6.45) is 5.05. The zero-order valence-electron chi connectivity index (χ0n) is 15.7. The van der Waals surface area contributed by atoms with Crippen LogP contribution in [-0.2, 0) is 11.2 Å². The molecule has 2 aromatic rings. The van der Waals surface area contributed by atoms with Gasteiger partial charge >= 0.3 is 0 Å². The first kappa shape index (κ1) is 18.0. The zero-order valence-corrected chi connectivity index (χ0v) is 15.7. The number of likely N-dealkylation sites (tertiary alicyclic amines) is 1. The first-order valence-electron chi connectivity index (χ1n) is 9.91. The van der Waals surface area contributed by atoms with Gasteiger partial charge in [-0.3, -0.25) is 4.79 Å². The first-order chi connectivity index (χ1) is 13.3. The van der Waals surface area contributed by atoms with Gasteiger partial charge in [0.1, 0.15) is 5.69 Å². The SMILES string of the molecule is O=C(c1ccc(N2CCOCC2)cn1)N1CCC(Cc2ccccc2)CC1. The van der Waals surface area contributed by atoms with Gasteiger partial charge in [0, 0.05) is 26.2 Å². The maximum atomic E-state index is 12.8. The monoisotopic (exact) mass is 365 g/mol. The summed E-state index contributed by atoms with van der Waals surface area (Å²) < 4.78 is 5.39. The van der Waals surface area contributed by atoms with Crippen LogP contribution < -0.4 is 4.90 Å². The smallest absolute Gasteiger partial charge is 0.272 e. The topological polar surface area (TPSA) is 45.7 Å². The number of hydrogen-bond acceptors (Lipinski definition) is 4. The van der Waals surface area contributed by atoms with Crippen LogP contribution in [-0.4, -0.2) is 55.2 Å². The molecular weight excluding hydrogens is 338 g/mol. The quantitative estimate of drug-likeness (QED) is 0.836. The number of carbonyl (C=O) groups excluding carboxylic acids is 1. The van der Waals surface area contributed by atoms with E-state index in [9.17, 15) is 4.79 Å². The van der Waals surface area contributed by atoms with E-state index in [1.807, 2.05) is 23.2 Å². The summed E-state index contributed by atoms with van der Waals surface area (Å²) in [4.78, 5) is 21.4. The Bertz CT molecular complexity index is 734. The molecule has 0 unspecified atom stereocenters. The largest absolute Gasteiger partial charge is 0.378 e. The van der Waals surface area contributed by atoms with Crippen molar-refractivity contribution in [3.05, 3.63) is 59.9 Å². The molecule has 0 N–H and O–H groups in total. The third-order valence-corrected chi connectivity index (χ3v) is 5.61. The molecular formula is C22H27N3O2. The summed E-state index contributed by atoms with van der Waals surface area (Å²) in [5.41, 5.74) is 3.01. The van der Waals surface area contributed by atoms with E-state index >= 15 is 0 Å². The standard InChI is InChI=1S/C22H27N3O2/c26-22(21-7-6-20(17-23-21)24-12-14-27-15-13-24)25-10-8-19(9-11-25)16-18-4-2-1-3-5-18/h1-7,17,19H,8-16H2. The molecule has 3 heterocycles. The normalized spacial score (nSPS) is 18.5. The van der Waals surface area contributed by atoms with E-state index in [0.29, 0.717) is 11.6 Å². The molecule has 0 radical (unpaired) electrons. The number of rotatable bonds is 4. The minimum Gasteiger partial charge on any atom is -0.378 e. The van der Waals surface area contributed by atoms with E-state index in [1.54, 1.807) is 0 Å². The zero-order chi connectivity index (χ0) is 18.5. The van der Waals surface area contributed by atoms with Gasteiger partial charge in [0.15, 0.2) is 0 Å². The van der Waals surface area contributed by atoms with Crippen molar-refractivity contribution in [3.63, 3.8) is 0 Å². The third kappa shape index (κ3) is 4.48. The number of ether oxygens (including phenoxy) is 1. The van der Waals surface area contributed by atoms with Gasteiger partial charge in [0.2, 0.25) is 0 Å². The van der Waals surface area contributed by atoms with Crippen LogP contribution in [0.1, 0.15) is 28.9 Å². The fraction of sp³-hybridized carbons (Fsp3) is 0.455. The Kier molecular flexibility index (Phi) is 5.68. The fourth-order valence-electron chi connectivity index (χ4n) is 3.97. The van der Waals surface area contributed by atoms with Crippen LogP contribution >= 0.6 is 0 Å². The number of nitrogens with zero attached hydrogens (tertiary/aromatic N) is 3. The molecule has 0 saturated carbocycles. The minimum absolute atomic E-state index is 0.0571. The molecule has 1 aromatic heterocycles. The second kappa shape index (κ2) is 8.53. The maximum absolute atomic E-state index is 12.8. The summed E-state index contributed by atoms with van der Waals surface area (Å²) in [6, 6.07) is 14.5. The highest BCUT2D eigenvalue weighted by Gasteiger charge is 2.24. The van der Waals surface area contributed by atoms with Gasteiger partial charge in [0.05, 0.1) is 25.1 Å². The average Bonchev–Trinajstić information content (AvgIpc) is 2.75. The first-order valence-corrected chi connectivity index (χ1v) is 9.91. The molecule has 0 bridgehead atoms. The van der Waals surface area contributed by atoms with E-state index in [2.05, 4.69) is 40.2 Å². The number of carbonyl (C=O) groups is 1. The van der Waals surface area contributed by atoms with Gasteiger partial charge in [-0.2, -0.15) is 0 Å². The molecule has 0 atom stereocenters. The second-order valence-corrected chi connectivity index (χ2v) is 7.43. The number of benzene rings is 1. The number of anilines is 1. The van der Waals surface area contributed by atoms with E-state index < -0.39 is 0 Å². The van der Waals surface area contributed by atoms with Crippen molar-refractivity contribution < 1.29 is 9.53 Å². The molecule has 1 amide bonds. The molecule has 1 aromatic carbocycles. The Labute approximate surface area is 161 Å². The molecule has 0 aliphatic carbocycles. The van der Waals surface area contributed by atoms with Crippen molar-refractivity contribution in [1.29, 1.82) is 0 Å². The van der Waals surface area contributed by atoms with Gasteiger partial charge in [-0.15, -0.1) is 0 Å². The molecule has 2 aliphatic heterocycles. The number of morpholine rings is 1. The van der Waals surface area contributed by atoms with Crippen molar-refractivity contribution in [2.75, 3.05) is 44.3 Å². The van der Waals surface area contributed by atoms with Crippen molar-refractivity contribution in [2.45, 2.75) is 19.3 Å². The number of hydrogen-bond donors (Lipinski definition) is 0. The second-order valence-electron chi connectivity index (χ2n) is 7.43. The third-order valence-electron chi connectivity index (χ3n) is 5.61. The van der Waals surface area contributed by atoms with E-state index in [-0.39, 0.29) is 5.91 Å². The van der Waals surface area contributed by atoms with Crippen molar-refractivity contribution in [2.24, 2.45) is 5.92 Å². The van der Waals surface area contributed by atoms with Crippen molar-refractivity contribution >= 4 is 11.6 Å². The van der Waals surface area contributed by atoms with Crippen molar-refractivity contribution in [3.8, 4) is 0 Å².